The third-order valence-corrected chi connectivity index (χ3v) is 3.95. The van der Waals surface area contributed by atoms with Crippen LogP contribution in [-0.2, 0) is 16.1 Å². The van der Waals surface area contributed by atoms with Gasteiger partial charge in [-0.3, -0.25) is 0 Å². The number of nitrogens with zero attached hydrogens (tertiary/aromatic N) is 1. The van der Waals surface area contributed by atoms with Crippen molar-refractivity contribution in [2.45, 2.75) is 51.6 Å². The standard InChI is InChI=1S/C18H29NO3/c1-15(2)21-14-17(20)12-19-10-8-18(9-11-19)22-13-16-6-4-3-5-7-16/h3-7,15,17-18,20H,8-14H2,1-2H3. The zero-order valence-corrected chi connectivity index (χ0v) is 13.8. The van der Waals surface area contributed by atoms with E-state index >= 15 is 0 Å². The summed E-state index contributed by atoms with van der Waals surface area (Å²) in [5.74, 6) is 0. The summed E-state index contributed by atoms with van der Waals surface area (Å²) in [7, 11) is 0. The van der Waals surface area contributed by atoms with Crippen LogP contribution in [0, 0.1) is 0 Å². The molecule has 0 bridgehead atoms. The minimum atomic E-state index is -0.399. The zero-order chi connectivity index (χ0) is 15.8. The summed E-state index contributed by atoms with van der Waals surface area (Å²) in [5.41, 5.74) is 1.23. The summed E-state index contributed by atoms with van der Waals surface area (Å²) < 4.78 is 11.4. The Balaban J connectivity index is 1.61. The average molecular weight is 307 g/mol. The van der Waals surface area contributed by atoms with Crippen molar-refractivity contribution in [3.05, 3.63) is 35.9 Å². The molecule has 0 saturated carbocycles. The molecular weight excluding hydrogens is 278 g/mol. The molecule has 1 aromatic rings. The molecule has 1 heterocycles. The Bertz CT molecular complexity index is 402. The van der Waals surface area contributed by atoms with Gasteiger partial charge in [-0.1, -0.05) is 30.3 Å². The van der Waals surface area contributed by atoms with E-state index in [1.807, 2.05) is 32.0 Å². The maximum absolute atomic E-state index is 9.97. The van der Waals surface area contributed by atoms with Crippen LogP contribution in [0.25, 0.3) is 0 Å². The van der Waals surface area contributed by atoms with Gasteiger partial charge in [0.1, 0.15) is 0 Å². The van der Waals surface area contributed by atoms with Crippen molar-refractivity contribution in [3.8, 4) is 0 Å². The maximum atomic E-state index is 9.97. The van der Waals surface area contributed by atoms with Gasteiger partial charge < -0.3 is 19.5 Å². The van der Waals surface area contributed by atoms with Crippen molar-refractivity contribution in [2.24, 2.45) is 0 Å². The normalized spacial score (nSPS) is 18.7. The molecule has 1 aliphatic rings. The first-order valence-corrected chi connectivity index (χ1v) is 8.31. The topological polar surface area (TPSA) is 41.9 Å². The van der Waals surface area contributed by atoms with E-state index in [4.69, 9.17) is 9.47 Å². The van der Waals surface area contributed by atoms with Crippen LogP contribution in [0.1, 0.15) is 32.3 Å². The first-order valence-electron chi connectivity index (χ1n) is 8.31. The van der Waals surface area contributed by atoms with Crippen molar-refractivity contribution in [1.82, 2.24) is 4.90 Å². The molecule has 0 aliphatic carbocycles. The van der Waals surface area contributed by atoms with Gasteiger partial charge in [0.05, 0.1) is 31.5 Å². The fraction of sp³-hybridized carbons (Fsp3) is 0.667. The number of ether oxygens (including phenoxy) is 2. The molecule has 4 heteroatoms. The highest BCUT2D eigenvalue weighted by Gasteiger charge is 2.21. The van der Waals surface area contributed by atoms with Crippen molar-refractivity contribution in [3.63, 3.8) is 0 Å². The summed E-state index contributed by atoms with van der Waals surface area (Å²) in [6.07, 6.45) is 2.17. The molecule has 1 aliphatic heterocycles. The molecule has 0 spiro atoms. The third-order valence-electron chi connectivity index (χ3n) is 3.95. The molecular formula is C18H29NO3. The van der Waals surface area contributed by atoms with Gasteiger partial charge in [0.15, 0.2) is 0 Å². The lowest BCUT2D eigenvalue weighted by Crippen LogP contribution is -2.42. The van der Waals surface area contributed by atoms with E-state index < -0.39 is 6.10 Å². The predicted octanol–water partition coefficient (Wildman–Crippen LogP) is 2.45. The lowest BCUT2D eigenvalue weighted by molar-refractivity contribution is -0.0315. The number of hydrogen-bond acceptors (Lipinski definition) is 4. The van der Waals surface area contributed by atoms with Gasteiger partial charge in [0, 0.05) is 19.6 Å². The smallest absolute Gasteiger partial charge is 0.0900 e. The molecule has 1 unspecified atom stereocenters. The minimum Gasteiger partial charge on any atom is -0.389 e. The van der Waals surface area contributed by atoms with Crippen molar-refractivity contribution in [2.75, 3.05) is 26.2 Å². The van der Waals surface area contributed by atoms with Crippen molar-refractivity contribution < 1.29 is 14.6 Å². The highest BCUT2D eigenvalue weighted by Crippen LogP contribution is 2.16. The number of aliphatic hydroxyl groups excluding tert-OH is 1. The van der Waals surface area contributed by atoms with E-state index in [0.717, 1.165) is 25.9 Å². The molecule has 0 amide bonds. The highest BCUT2D eigenvalue weighted by molar-refractivity contribution is 5.13. The number of hydrogen-bond donors (Lipinski definition) is 1. The maximum Gasteiger partial charge on any atom is 0.0900 e. The SMILES string of the molecule is CC(C)OCC(O)CN1CCC(OCc2ccccc2)CC1. The van der Waals surface area contributed by atoms with Crippen LogP contribution in [0.2, 0.25) is 0 Å². The van der Waals surface area contributed by atoms with Gasteiger partial charge >= 0.3 is 0 Å². The van der Waals surface area contributed by atoms with E-state index in [9.17, 15) is 5.11 Å². The first kappa shape index (κ1) is 17.4. The summed E-state index contributed by atoms with van der Waals surface area (Å²) in [6, 6.07) is 10.3. The van der Waals surface area contributed by atoms with Crippen LogP contribution in [0.4, 0.5) is 0 Å². The third kappa shape index (κ3) is 6.44. The van der Waals surface area contributed by atoms with Gasteiger partial charge in [0.25, 0.3) is 0 Å². The number of β-amino-alcohol motifs (C(OH)–C–C–N with tert-alkyl or cyclic N) is 1. The number of aliphatic hydroxyl groups is 1. The lowest BCUT2D eigenvalue weighted by Gasteiger charge is -2.33. The molecule has 22 heavy (non-hydrogen) atoms. The van der Waals surface area contributed by atoms with Crippen LogP contribution in [0.3, 0.4) is 0 Å². The molecule has 1 N–H and O–H groups in total. The fourth-order valence-electron chi connectivity index (χ4n) is 2.70. The zero-order valence-electron chi connectivity index (χ0n) is 13.8. The summed E-state index contributed by atoms with van der Waals surface area (Å²) >= 11 is 0. The van der Waals surface area contributed by atoms with E-state index in [1.54, 1.807) is 0 Å². The molecule has 2 rings (SSSR count). The number of rotatable bonds is 8. The molecule has 0 radical (unpaired) electrons. The minimum absolute atomic E-state index is 0.173. The summed E-state index contributed by atoms with van der Waals surface area (Å²) in [5, 5.41) is 9.97. The van der Waals surface area contributed by atoms with Gasteiger partial charge in [-0.05, 0) is 32.3 Å². The Labute approximate surface area is 134 Å². The largest absolute Gasteiger partial charge is 0.389 e. The van der Waals surface area contributed by atoms with Gasteiger partial charge in [-0.15, -0.1) is 0 Å². The van der Waals surface area contributed by atoms with Crippen LogP contribution in [0.15, 0.2) is 30.3 Å². The van der Waals surface area contributed by atoms with Crippen molar-refractivity contribution >= 4 is 0 Å². The van der Waals surface area contributed by atoms with Crippen LogP contribution >= 0.6 is 0 Å². The second-order valence-corrected chi connectivity index (χ2v) is 6.33. The highest BCUT2D eigenvalue weighted by atomic mass is 16.5. The summed E-state index contributed by atoms with van der Waals surface area (Å²) in [4.78, 5) is 2.30. The quantitative estimate of drug-likeness (QED) is 0.801. The second-order valence-electron chi connectivity index (χ2n) is 6.33. The Morgan fingerprint density at radius 2 is 1.86 bits per heavy atom. The van der Waals surface area contributed by atoms with Crippen LogP contribution in [0.5, 0.6) is 0 Å². The number of likely N-dealkylation sites (tertiary alicyclic amines) is 1. The first-order chi connectivity index (χ1) is 10.6. The molecule has 124 valence electrons. The van der Waals surface area contributed by atoms with E-state index in [1.165, 1.54) is 5.56 Å². The molecule has 1 aromatic carbocycles. The Morgan fingerprint density at radius 1 is 1.18 bits per heavy atom. The summed E-state index contributed by atoms with van der Waals surface area (Å²) in [6.45, 7) is 7.75. The second kappa shape index (κ2) is 9.26. The van der Waals surface area contributed by atoms with E-state index in [-0.39, 0.29) is 6.10 Å². The molecule has 1 atom stereocenters. The van der Waals surface area contributed by atoms with Crippen LogP contribution < -0.4 is 0 Å². The van der Waals surface area contributed by atoms with Gasteiger partial charge in [-0.25, -0.2) is 0 Å². The Kier molecular flexibility index (Phi) is 7.33. The number of benzene rings is 1. The predicted molar refractivity (Wildman–Crippen MR) is 87.8 cm³/mol. The van der Waals surface area contributed by atoms with Gasteiger partial charge in [0.2, 0.25) is 0 Å². The van der Waals surface area contributed by atoms with E-state index in [2.05, 4.69) is 17.0 Å². The monoisotopic (exact) mass is 307 g/mol. The molecule has 4 nitrogen and oxygen atoms in total. The fourth-order valence-corrected chi connectivity index (χ4v) is 2.70. The van der Waals surface area contributed by atoms with Gasteiger partial charge in [-0.2, -0.15) is 0 Å². The molecule has 0 aromatic heterocycles. The van der Waals surface area contributed by atoms with E-state index in [0.29, 0.717) is 25.9 Å². The number of piperidine rings is 1. The Morgan fingerprint density at radius 3 is 2.50 bits per heavy atom. The molecule has 1 saturated heterocycles. The lowest BCUT2D eigenvalue weighted by atomic mass is 10.1. The van der Waals surface area contributed by atoms with Crippen LogP contribution in [-0.4, -0.2) is 54.6 Å². The average Bonchev–Trinajstić information content (AvgIpc) is 2.53. The van der Waals surface area contributed by atoms with Crippen molar-refractivity contribution in [1.29, 1.82) is 0 Å². The molecule has 1 fully saturated rings. The Hall–Kier alpha value is -0.940.